The molecule has 1 unspecified atom stereocenters. The van der Waals surface area contributed by atoms with Gasteiger partial charge in [0.25, 0.3) is 0 Å². The van der Waals surface area contributed by atoms with Crippen LogP contribution >= 0.6 is 46.4 Å². The molecule has 0 saturated carbocycles. The second-order valence-corrected chi connectivity index (χ2v) is 8.35. The Bertz CT molecular complexity index is 847. The van der Waals surface area contributed by atoms with Crippen molar-refractivity contribution in [2.75, 3.05) is 19.8 Å². The van der Waals surface area contributed by atoms with Crippen LogP contribution in [0.5, 0.6) is 17.2 Å². The van der Waals surface area contributed by atoms with Crippen molar-refractivity contribution in [1.29, 1.82) is 0 Å². The van der Waals surface area contributed by atoms with Crippen LogP contribution < -0.4 is 14.2 Å². The minimum absolute atomic E-state index is 0.124. The van der Waals surface area contributed by atoms with Gasteiger partial charge in [0.15, 0.2) is 5.75 Å². The maximum absolute atomic E-state index is 10.8. The molecule has 31 heavy (non-hydrogen) atoms. The Morgan fingerprint density at radius 3 is 2.13 bits per heavy atom. The van der Waals surface area contributed by atoms with Crippen molar-refractivity contribution >= 4 is 46.4 Å². The van der Waals surface area contributed by atoms with Gasteiger partial charge < -0.3 is 14.2 Å². The lowest BCUT2D eigenvalue weighted by molar-refractivity contribution is 0.266. The van der Waals surface area contributed by atoms with Crippen LogP contribution in [0.3, 0.4) is 0 Å². The van der Waals surface area contributed by atoms with E-state index in [1.165, 1.54) is 6.08 Å². The number of ether oxygens (including phenoxy) is 3. The van der Waals surface area contributed by atoms with Crippen molar-refractivity contribution in [2.24, 2.45) is 5.18 Å². The molecule has 0 radical (unpaired) electrons. The number of unbranched alkanes of at least 4 members (excludes halogenated alkanes) is 1. The van der Waals surface area contributed by atoms with E-state index in [0.29, 0.717) is 41.2 Å². The number of rotatable bonds is 13. The van der Waals surface area contributed by atoms with Gasteiger partial charge in [0.1, 0.15) is 28.6 Å². The third-order valence-electron chi connectivity index (χ3n) is 4.29. The van der Waals surface area contributed by atoms with E-state index in [2.05, 4.69) is 5.18 Å². The maximum Gasteiger partial charge on any atom is 0.156 e. The molecular formula is C22H23Cl4NO4. The smallest absolute Gasteiger partial charge is 0.156 e. The Kier molecular flexibility index (Phi) is 11.3. The van der Waals surface area contributed by atoms with Crippen LogP contribution in [-0.2, 0) is 0 Å². The molecule has 0 N–H and O–H groups in total. The predicted octanol–water partition coefficient (Wildman–Crippen LogP) is 8.15. The van der Waals surface area contributed by atoms with Crippen molar-refractivity contribution in [2.45, 2.75) is 32.2 Å². The Hall–Kier alpha value is -1.66. The van der Waals surface area contributed by atoms with Gasteiger partial charge in [-0.05, 0) is 43.0 Å². The van der Waals surface area contributed by atoms with Crippen LogP contribution in [-0.4, -0.2) is 19.8 Å². The molecule has 0 aliphatic rings. The predicted molar refractivity (Wildman–Crippen MR) is 127 cm³/mol. The molecule has 0 aliphatic carbocycles. The number of hydrogen-bond acceptors (Lipinski definition) is 5. The summed E-state index contributed by atoms with van der Waals surface area (Å²) >= 11 is 23.6. The Labute approximate surface area is 202 Å². The van der Waals surface area contributed by atoms with Crippen molar-refractivity contribution in [3.63, 3.8) is 0 Å². The molecule has 0 spiro atoms. The monoisotopic (exact) mass is 505 g/mol. The third-order valence-corrected chi connectivity index (χ3v) is 5.16. The molecule has 1 atom stereocenters. The van der Waals surface area contributed by atoms with Crippen molar-refractivity contribution in [3.05, 3.63) is 67.5 Å². The second kappa shape index (κ2) is 13.7. The van der Waals surface area contributed by atoms with Gasteiger partial charge in [-0.15, -0.1) is 0 Å². The Morgan fingerprint density at radius 2 is 1.58 bits per heavy atom. The minimum Gasteiger partial charge on any atom is -0.494 e. The van der Waals surface area contributed by atoms with Crippen molar-refractivity contribution in [3.8, 4) is 17.2 Å². The van der Waals surface area contributed by atoms with Crippen LogP contribution in [0.25, 0.3) is 0 Å². The Balaban J connectivity index is 1.72. The van der Waals surface area contributed by atoms with Crippen LogP contribution in [0, 0.1) is 4.91 Å². The van der Waals surface area contributed by atoms with Gasteiger partial charge in [0.05, 0.1) is 23.3 Å². The number of nitrogens with zero attached hydrogens (tertiary/aromatic N) is 1. The maximum atomic E-state index is 10.8. The zero-order chi connectivity index (χ0) is 22.6. The minimum atomic E-state index is -0.313. The normalized spacial score (nSPS) is 11.5. The molecule has 0 saturated heterocycles. The van der Waals surface area contributed by atoms with Crippen LogP contribution in [0.1, 0.15) is 37.8 Å². The summed E-state index contributed by atoms with van der Waals surface area (Å²) in [5.74, 6) is 1.64. The fraction of sp³-hybridized carbons (Fsp3) is 0.364. The summed E-state index contributed by atoms with van der Waals surface area (Å²) in [6, 6.07) is 10.4. The first kappa shape index (κ1) is 25.6. The SMILES string of the molecule is CCC(N=O)c1ccc(OCCCCOc2c(Cl)cc(OCC=C(Cl)Cl)cc2Cl)cc1. The average Bonchev–Trinajstić information content (AvgIpc) is 2.73. The first-order chi connectivity index (χ1) is 14.9. The van der Waals surface area contributed by atoms with Crippen molar-refractivity contribution < 1.29 is 14.2 Å². The van der Waals surface area contributed by atoms with Gasteiger partial charge in [-0.25, -0.2) is 0 Å². The zero-order valence-corrected chi connectivity index (χ0v) is 20.0. The van der Waals surface area contributed by atoms with E-state index in [9.17, 15) is 4.91 Å². The summed E-state index contributed by atoms with van der Waals surface area (Å²) in [7, 11) is 0. The molecule has 2 aromatic carbocycles. The summed E-state index contributed by atoms with van der Waals surface area (Å²) < 4.78 is 17.0. The highest BCUT2D eigenvalue weighted by Crippen LogP contribution is 2.37. The summed E-state index contributed by atoms with van der Waals surface area (Å²) in [5.41, 5.74) is 0.891. The molecule has 2 aromatic rings. The number of nitroso groups, excluding NO2 is 1. The summed E-state index contributed by atoms with van der Waals surface area (Å²) in [6.45, 7) is 3.11. The topological polar surface area (TPSA) is 57.1 Å². The molecule has 9 heteroatoms. The van der Waals surface area contributed by atoms with Crippen molar-refractivity contribution in [1.82, 2.24) is 0 Å². The largest absolute Gasteiger partial charge is 0.494 e. The van der Waals surface area contributed by atoms with Gasteiger partial charge in [0.2, 0.25) is 0 Å². The first-order valence-corrected chi connectivity index (χ1v) is 11.3. The van der Waals surface area contributed by atoms with Gasteiger partial charge in [-0.1, -0.05) is 70.6 Å². The van der Waals surface area contributed by atoms with E-state index in [0.717, 1.165) is 24.2 Å². The molecular weight excluding hydrogens is 484 g/mol. The second-order valence-electron chi connectivity index (χ2n) is 6.52. The molecule has 0 heterocycles. The molecule has 0 aromatic heterocycles. The van der Waals surface area contributed by atoms with Crippen LogP contribution in [0.15, 0.2) is 52.1 Å². The van der Waals surface area contributed by atoms with Crippen LogP contribution in [0.2, 0.25) is 10.0 Å². The number of hydrogen-bond donors (Lipinski definition) is 0. The van der Waals surface area contributed by atoms with Gasteiger partial charge in [-0.2, -0.15) is 4.91 Å². The van der Waals surface area contributed by atoms with E-state index in [4.69, 9.17) is 60.6 Å². The fourth-order valence-electron chi connectivity index (χ4n) is 2.68. The lowest BCUT2D eigenvalue weighted by Crippen LogP contribution is -2.03. The number of halogens is 4. The molecule has 168 valence electrons. The van der Waals surface area contributed by atoms with Crippen LogP contribution in [0.4, 0.5) is 0 Å². The highest BCUT2D eigenvalue weighted by Gasteiger charge is 2.11. The van der Waals surface area contributed by atoms with E-state index >= 15 is 0 Å². The lowest BCUT2D eigenvalue weighted by Gasteiger charge is -2.12. The Morgan fingerprint density at radius 1 is 0.968 bits per heavy atom. The number of benzene rings is 2. The molecule has 0 amide bonds. The fourth-order valence-corrected chi connectivity index (χ4v) is 3.39. The zero-order valence-electron chi connectivity index (χ0n) is 17.0. The quantitative estimate of drug-likeness (QED) is 0.203. The molecule has 0 bridgehead atoms. The van der Waals surface area contributed by atoms with Gasteiger partial charge in [-0.3, -0.25) is 0 Å². The summed E-state index contributed by atoms with van der Waals surface area (Å²) in [4.78, 5) is 10.8. The lowest BCUT2D eigenvalue weighted by atomic mass is 10.1. The van der Waals surface area contributed by atoms with E-state index in [-0.39, 0.29) is 17.1 Å². The molecule has 2 rings (SSSR count). The highest BCUT2D eigenvalue weighted by atomic mass is 35.5. The first-order valence-electron chi connectivity index (χ1n) is 9.75. The van der Waals surface area contributed by atoms with E-state index in [1.807, 2.05) is 31.2 Å². The van der Waals surface area contributed by atoms with E-state index in [1.54, 1.807) is 12.1 Å². The highest BCUT2D eigenvalue weighted by molar-refractivity contribution is 6.55. The molecule has 0 aliphatic heterocycles. The summed E-state index contributed by atoms with van der Waals surface area (Å²) in [6.07, 6.45) is 3.73. The van der Waals surface area contributed by atoms with Gasteiger partial charge in [0, 0.05) is 12.1 Å². The third kappa shape index (κ3) is 8.77. The summed E-state index contributed by atoms with van der Waals surface area (Å²) in [5, 5.41) is 3.83. The van der Waals surface area contributed by atoms with E-state index < -0.39 is 0 Å². The van der Waals surface area contributed by atoms with Gasteiger partial charge >= 0.3 is 0 Å². The standard InChI is InChI=1S/C22H23Cl4NO4/c1-2-20(27-28)15-5-7-16(8-6-15)29-10-3-4-11-31-22-18(23)13-17(14-19(22)24)30-12-9-21(25)26/h5-9,13-14,20H,2-4,10-12H2,1H3. The molecule has 0 fully saturated rings. The average molecular weight is 507 g/mol. The molecule has 5 nitrogen and oxygen atoms in total.